The summed E-state index contributed by atoms with van der Waals surface area (Å²) in [6.07, 6.45) is 10.1. The topological polar surface area (TPSA) is 17.1 Å². The molecule has 0 N–H and O–H groups in total. The van der Waals surface area contributed by atoms with Gasteiger partial charge in [0.05, 0.1) is 0 Å². The van der Waals surface area contributed by atoms with E-state index in [1.807, 2.05) is 0 Å². The van der Waals surface area contributed by atoms with Gasteiger partial charge in [0.25, 0.3) is 0 Å². The second kappa shape index (κ2) is 5.48. The summed E-state index contributed by atoms with van der Waals surface area (Å²) in [6, 6.07) is 0. The van der Waals surface area contributed by atoms with Crippen molar-refractivity contribution in [3.63, 3.8) is 0 Å². The fourth-order valence-corrected chi connectivity index (χ4v) is 2.69. The highest BCUT2D eigenvalue weighted by Gasteiger charge is 2.31. The second-order valence-corrected chi connectivity index (χ2v) is 5.68. The Kier molecular flexibility index (Phi) is 4.56. The van der Waals surface area contributed by atoms with Gasteiger partial charge in [-0.3, -0.25) is 0 Å². The molecular formula is C14H24O. The van der Waals surface area contributed by atoms with Crippen molar-refractivity contribution in [2.75, 3.05) is 0 Å². The molecule has 0 aromatic heterocycles. The van der Waals surface area contributed by atoms with Crippen LogP contribution in [0.4, 0.5) is 0 Å². The third-order valence-corrected chi connectivity index (χ3v) is 3.36. The first-order valence-electron chi connectivity index (χ1n) is 6.18. The summed E-state index contributed by atoms with van der Waals surface area (Å²) in [6.45, 7) is 7.06. The average molecular weight is 208 g/mol. The van der Waals surface area contributed by atoms with E-state index in [-0.39, 0.29) is 0 Å². The highest BCUT2D eigenvalue weighted by Crippen LogP contribution is 2.44. The Morgan fingerprint density at radius 2 is 2.00 bits per heavy atom. The van der Waals surface area contributed by atoms with Crippen LogP contribution in [-0.4, -0.2) is 6.29 Å². The third-order valence-electron chi connectivity index (χ3n) is 3.36. The zero-order valence-corrected chi connectivity index (χ0v) is 10.4. The first-order chi connectivity index (χ1) is 7.05. The van der Waals surface area contributed by atoms with Crippen molar-refractivity contribution in [3.05, 3.63) is 11.6 Å². The van der Waals surface area contributed by atoms with E-state index < -0.39 is 0 Å². The fourth-order valence-electron chi connectivity index (χ4n) is 2.69. The van der Waals surface area contributed by atoms with E-state index in [0.29, 0.717) is 5.41 Å². The first kappa shape index (κ1) is 12.5. The van der Waals surface area contributed by atoms with Crippen LogP contribution in [0.3, 0.4) is 0 Å². The van der Waals surface area contributed by atoms with Gasteiger partial charge < -0.3 is 4.79 Å². The zero-order valence-electron chi connectivity index (χ0n) is 10.4. The molecular weight excluding hydrogens is 184 g/mol. The summed E-state index contributed by atoms with van der Waals surface area (Å²) in [5, 5.41) is 0. The lowest BCUT2D eigenvalue weighted by Crippen LogP contribution is -2.03. The molecule has 0 aromatic rings. The molecule has 1 fully saturated rings. The number of aldehydes is 1. The monoisotopic (exact) mass is 208 g/mol. The van der Waals surface area contributed by atoms with Crippen LogP contribution in [0.25, 0.3) is 0 Å². The van der Waals surface area contributed by atoms with Crippen LogP contribution in [-0.2, 0) is 4.79 Å². The molecule has 0 bridgehead atoms. The summed E-state index contributed by atoms with van der Waals surface area (Å²) in [5.74, 6) is 0.770. The van der Waals surface area contributed by atoms with Crippen LogP contribution in [0.2, 0.25) is 0 Å². The SMILES string of the molecule is CC1CC(C)(C)C/C1=C\CCCCC=O. The Morgan fingerprint density at radius 3 is 2.53 bits per heavy atom. The van der Waals surface area contributed by atoms with Gasteiger partial charge in [0, 0.05) is 6.42 Å². The van der Waals surface area contributed by atoms with Gasteiger partial charge in [-0.2, -0.15) is 0 Å². The number of allylic oxidation sites excluding steroid dienone is 2. The van der Waals surface area contributed by atoms with Crippen molar-refractivity contribution < 1.29 is 4.79 Å². The molecule has 15 heavy (non-hydrogen) atoms. The molecule has 86 valence electrons. The van der Waals surface area contributed by atoms with Crippen LogP contribution in [0, 0.1) is 11.3 Å². The van der Waals surface area contributed by atoms with Crippen molar-refractivity contribution in [1.29, 1.82) is 0 Å². The Hall–Kier alpha value is -0.590. The molecule has 1 saturated carbocycles. The van der Waals surface area contributed by atoms with Gasteiger partial charge >= 0.3 is 0 Å². The Labute approximate surface area is 93.9 Å². The minimum absolute atomic E-state index is 0.508. The van der Waals surface area contributed by atoms with E-state index in [1.54, 1.807) is 5.57 Å². The van der Waals surface area contributed by atoms with Crippen LogP contribution in [0.5, 0.6) is 0 Å². The molecule has 0 aromatic carbocycles. The highest BCUT2D eigenvalue weighted by molar-refractivity contribution is 5.48. The van der Waals surface area contributed by atoms with E-state index >= 15 is 0 Å². The minimum Gasteiger partial charge on any atom is -0.303 e. The lowest BCUT2D eigenvalue weighted by atomic mass is 9.91. The van der Waals surface area contributed by atoms with Crippen molar-refractivity contribution in [1.82, 2.24) is 0 Å². The molecule has 1 rings (SSSR count). The van der Waals surface area contributed by atoms with Crippen molar-refractivity contribution in [2.24, 2.45) is 11.3 Å². The van der Waals surface area contributed by atoms with E-state index in [0.717, 1.165) is 37.9 Å². The molecule has 0 radical (unpaired) electrons. The van der Waals surface area contributed by atoms with Gasteiger partial charge in [-0.25, -0.2) is 0 Å². The molecule has 1 heteroatoms. The lowest BCUT2D eigenvalue weighted by molar-refractivity contribution is -0.107. The van der Waals surface area contributed by atoms with Crippen molar-refractivity contribution >= 4 is 6.29 Å². The normalized spacial score (nSPS) is 27.1. The maximum atomic E-state index is 10.1. The number of carbonyl (C=O) groups is 1. The number of carbonyl (C=O) groups excluding carboxylic acids is 1. The van der Waals surface area contributed by atoms with Gasteiger partial charge in [-0.05, 0) is 43.4 Å². The molecule has 1 aliphatic carbocycles. The third kappa shape index (κ3) is 4.19. The van der Waals surface area contributed by atoms with E-state index in [1.165, 1.54) is 12.8 Å². The van der Waals surface area contributed by atoms with E-state index in [4.69, 9.17) is 0 Å². The quantitative estimate of drug-likeness (QED) is 0.377. The van der Waals surface area contributed by atoms with Gasteiger partial charge in [-0.15, -0.1) is 0 Å². The molecule has 0 aliphatic heterocycles. The summed E-state index contributed by atoms with van der Waals surface area (Å²) >= 11 is 0. The predicted octanol–water partition coefficient (Wildman–Crippen LogP) is 4.13. The molecule has 1 unspecified atom stereocenters. The molecule has 1 nitrogen and oxygen atoms in total. The lowest BCUT2D eigenvalue weighted by Gasteiger charge is -2.14. The molecule has 0 saturated heterocycles. The summed E-state index contributed by atoms with van der Waals surface area (Å²) in [7, 11) is 0. The molecule has 0 heterocycles. The van der Waals surface area contributed by atoms with E-state index in [9.17, 15) is 4.79 Å². The molecule has 1 aliphatic rings. The Bertz CT molecular complexity index is 238. The van der Waals surface area contributed by atoms with Gasteiger partial charge in [0.1, 0.15) is 6.29 Å². The average Bonchev–Trinajstić information content (AvgIpc) is 2.39. The standard InChI is InChI=1S/C14H24O/c1-12-10-14(2,3)11-13(12)8-6-4-5-7-9-15/h8-9,12H,4-7,10-11H2,1-3H3/b13-8+. The highest BCUT2D eigenvalue weighted by atomic mass is 16.1. The van der Waals surface area contributed by atoms with Gasteiger partial charge in [0.15, 0.2) is 0 Å². The minimum atomic E-state index is 0.508. The Balaban J connectivity index is 2.30. The fraction of sp³-hybridized carbons (Fsp3) is 0.786. The van der Waals surface area contributed by atoms with Crippen LogP contribution < -0.4 is 0 Å². The number of hydrogen-bond acceptors (Lipinski definition) is 1. The van der Waals surface area contributed by atoms with Gasteiger partial charge in [-0.1, -0.05) is 32.4 Å². The van der Waals surface area contributed by atoms with Crippen molar-refractivity contribution in [2.45, 2.75) is 59.3 Å². The first-order valence-corrected chi connectivity index (χ1v) is 6.18. The van der Waals surface area contributed by atoms with Crippen molar-refractivity contribution in [3.8, 4) is 0 Å². The summed E-state index contributed by atoms with van der Waals surface area (Å²) in [5.41, 5.74) is 2.15. The predicted molar refractivity (Wildman–Crippen MR) is 64.8 cm³/mol. The number of unbranched alkanes of at least 4 members (excludes halogenated alkanes) is 3. The molecule has 0 amide bonds. The molecule has 0 spiro atoms. The number of rotatable bonds is 5. The van der Waals surface area contributed by atoms with Gasteiger partial charge in [0.2, 0.25) is 0 Å². The molecule has 1 atom stereocenters. The number of hydrogen-bond donors (Lipinski definition) is 0. The zero-order chi connectivity index (χ0) is 11.3. The van der Waals surface area contributed by atoms with Crippen LogP contribution >= 0.6 is 0 Å². The van der Waals surface area contributed by atoms with Crippen LogP contribution in [0.1, 0.15) is 59.3 Å². The van der Waals surface area contributed by atoms with E-state index in [2.05, 4.69) is 26.8 Å². The second-order valence-electron chi connectivity index (χ2n) is 5.68. The smallest absolute Gasteiger partial charge is 0.119 e. The largest absolute Gasteiger partial charge is 0.303 e. The van der Waals surface area contributed by atoms with Crippen LogP contribution in [0.15, 0.2) is 11.6 Å². The summed E-state index contributed by atoms with van der Waals surface area (Å²) < 4.78 is 0. The Morgan fingerprint density at radius 1 is 1.33 bits per heavy atom. The maximum Gasteiger partial charge on any atom is 0.119 e. The summed E-state index contributed by atoms with van der Waals surface area (Å²) in [4.78, 5) is 10.1. The maximum absolute atomic E-state index is 10.1.